The molecular weight excluding hydrogens is 262 g/mol. The molecule has 1 aliphatic heterocycles. The van der Waals surface area contributed by atoms with Crippen LogP contribution in [0, 0.1) is 0 Å². The number of benzene rings is 1. The molecule has 1 aromatic rings. The van der Waals surface area contributed by atoms with E-state index in [4.69, 9.17) is 4.74 Å². The molecule has 0 aliphatic carbocycles. The average Bonchev–Trinajstić information content (AvgIpc) is 2.45. The van der Waals surface area contributed by atoms with Crippen LogP contribution in [0.1, 0.15) is 45.6 Å². The predicted molar refractivity (Wildman–Crippen MR) is 86.1 cm³/mol. The maximum Gasteiger partial charge on any atom is 0.137 e. The molecule has 0 bridgehead atoms. The number of hydrogen-bond acceptors (Lipinski definition) is 2. The van der Waals surface area contributed by atoms with Crippen LogP contribution in [0.25, 0.3) is 0 Å². The summed E-state index contributed by atoms with van der Waals surface area (Å²) in [6.07, 6.45) is 3.53. The molecule has 118 valence electrons. The second kappa shape index (κ2) is 7.28. The molecule has 0 radical (unpaired) electrons. The Hall–Kier alpha value is -1.06. The van der Waals surface area contributed by atoms with Gasteiger partial charge >= 0.3 is 0 Å². The number of hydrogen-bond donors (Lipinski definition) is 2. The zero-order valence-corrected chi connectivity index (χ0v) is 13.7. The van der Waals surface area contributed by atoms with Crippen molar-refractivity contribution in [1.82, 2.24) is 0 Å². The van der Waals surface area contributed by atoms with E-state index in [1.807, 2.05) is 18.2 Å². The number of likely N-dealkylation sites (tertiary alicyclic amines) is 1. The lowest BCUT2D eigenvalue weighted by molar-refractivity contribution is -0.908. The predicted octanol–water partition coefficient (Wildman–Crippen LogP) is 1.79. The Kier molecular flexibility index (Phi) is 5.65. The van der Waals surface area contributed by atoms with Gasteiger partial charge in [-0.25, -0.2) is 0 Å². The van der Waals surface area contributed by atoms with Gasteiger partial charge in [-0.3, -0.25) is 0 Å². The molecule has 0 spiro atoms. The van der Waals surface area contributed by atoms with Crippen molar-refractivity contribution in [1.29, 1.82) is 0 Å². The fourth-order valence-electron chi connectivity index (χ4n) is 3.05. The Morgan fingerprint density at radius 1 is 1.14 bits per heavy atom. The lowest BCUT2D eigenvalue weighted by Crippen LogP contribution is -3.14. The molecule has 0 saturated carbocycles. The third-order valence-corrected chi connectivity index (χ3v) is 4.21. The summed E-state index contributed by atoms with van der Waals surface area (Å²) in [7, 11) is 0. The molecule has 0 aromatic heterocycles. The number of piperidine rings is 1. The molecule has 2 N–H and O–H groups in total. The van der Waals surface area contributed by atoms with Crippen LogP contribution in [0.15, 0.2) is 24.3 Å². The lowest BCUT2D eigenvalue weighted by atomic mass is 9.86. The molecule has 1 heterocycles. The monoisotopic (exact) mass is 292 g/mol. The number of nitrogens with one attached hydrogen (secondary N) is 1. The molecule has 0 amide bonds. The summed E-state index contributed by atoms with van der Waals surface area (Å²) in [5.74, 6) is 0.901. The van der Waals surface area contributed by atoms with Crippen molar-refractivity contribution >= 4 is 0 Å². The van der Waals surface area contributed by atoms with Gasteiger partial charge < -0.3 is 14.7 Å². The Bertz CT molecular complexity index is 433. The Labute approximate surface area is 128 Å². The van der Waals surface area contributed by atoms with E-state index in [1.165, 1.54) is 42.8 Å². The molecule has 3 nitrogen and oxygen atoms in total. The van der Waals surface area contributed by atoms with Crippen molar-refractivity contribution < 1.29 is 14.7 Å². The van der Waals surface area contributed by atoms with Crippen molar-refractivity contribution in [2.75, 3.05) is 26.2 Å². The Morgan fingerprint density at radius 3 is 2.48 bits per heavy atom. The number of rotatable bonds is 5. The summed E-state index contributed by atoms with van der Waals surface area (Å²) >= 11 is 0. The van der Waals surface area contributed by atoms with Crippen LogP contribution in [0.5, 0.6) is 5.75 Å². The van der Waals surface area contributed by atoms with Crippen LogP contribution in [0.2, 0.25) is 0 Å². The molecule has 21 heavy (non-hydrogen) atoms. The summed E-state index contributed by atoms with van der Waals surface area (Å²) in [5, 5.41) is 10.2. The van der Waals surface area contributed by atoms with Crippen LogP contribution in [0.4, 0.5) is 0 Å². The normalized spacial score (nSPS) is 18.5. The highest BCUT2D eigenvalue weighted by atomic mass is 16.5. The summed E-state index contributed by atoms with van der Waals surface area (Å²) < 4.78 is 5.90. The minimum Gasteiger partial charge on any atom is -0.490 e. The third kappa shape index (κ3) is 5.01. The largest absolute Gasteiger partial charge is 0.490 e. The van der Waals surface area contributed by atoms with Gasteiger partial charge in [-0.15, -0.1) is 0 Å². The Balaban J connectivity index is 1.87. The van der Waals surface area contributed by atoms with Crippen molar-refractivity contribution in [2.24, 2.45) is 0 Å². The van der Waals surface area contributed by atoms with Gasteiger partial charge in [-0.1, -0.05) is 39.0 Å². The fraction of sp³-hybridized carbons (Fsp3) is 0.667. The van der Waals surface area contributed by atoms with Gasteiger partial charge in [0.2, 0.25) is 0 Å². The molecule has 1 saturated heterocycles. The van der Waals surface area contributed by atoms with Crippen LogP contribution >= 0.6 is 0 Å². The van der Waals surface area contributed by atoms with Crippen LogP contribution in [0.3, 0.4) is 0 Å². The first kappa shape index (κ1) is 16.3. The SMILES string of the molecule is CC(C)(C)c1ccccc1OC[C@@H](O)C[NH+]1CCCCC1. The minimum absolute atomic E-state index is 0.0552. The van der Waals surface area contributed by atoms with E-state index in [9.17, 15) is 5.11 Å². The van der Waals surface area contributed by atoms with E-state index in [1.54, 1.807) is 0 Å². The van der Waals surface area contributed by atoms with Gasteiger partial charge in [0.05, 0.1) is 13.1 Å². The summed E-state index contributed by atoms with van der Waals surface area (Å²) in [6.45, 7) is 10.1. The van der Waals surface area contributed by atoms with Crippen molar-refractivity contribution in [3.8, 4) is 5.75 Å². The third-order valence-electron chi connectivity index (χ3n) is 4.21. The second-order valence-electron chi connectivity index (χ2n) is 7.23. The summed E-state index contributed by atoms with van der Waals surface area (Å²) in [6, 6.07) is 8.15. The highest BCUT2D eigenvalue weighted by Crippen LogP contribution is 2.30. The van der Waals surface area contributed by atoms with E-state index in [0.717, 1.165) is 12.3 Å². The quantitative estimate of drug-likeness (QED) is 0.867. The maximum absolute atomic E-state index is 10.2. The smallest absolute Gasteiger partial charge is 0.137 e. The van der Waals surface area contributed by atoms with Crippen molar-refractivity contribution in [3.63, 3.8) is 0 Å². The van der Waals surface area contributed by atoms with Crippen LogP contribution in [-0.2, 0) is 5.41 Å². The molecule has 3 heteroatoms. The molecule has 1 aromatic carbocycles. The first-order valence-electron chi connectivity index (χ1n) is 8.21. The number of aliphatic hydroxyl groups is 1. The molecular formula is C18H30NO2+. The molecule has 1 fully saturated rings. The summed E-state index contributed by atoms with van der Waals surface area (Å²) in [4.78, 5) is 1.52. The van der Waals surface area contributed by atoms with Crippen molar-refractivity contribution in [2.45, 2.75) is 51.6 Å². The van der Waals surface area contributed by atoms with Crippen molar-refractivity contribution in [3.05, 3.63) is 29.8 Å². The first-order valence-corrected chi connectivity index (χ1v) is 8.21. The maximum atomic E-state index is 10.2. The second-order valence-corrected chi connectivity index (χ2v) is 7.23. The van der Waals surface area contributed by atoms with Crippen LogP contribution in [-0.4, -0.2) is 37.5 Å². The van der Waals surface area contributed by atoms with Gasteiger partial charge in [0.1, 0.15) is 25.0 Å². The van der Waals surface area contributed by atoms with Gasteiger partial charge in [0, 0.05) is 0 Å². The first-order chi connectivity index (χ1) is 9.97. The molecule has 2 rings (SSSR count). The van der Waals surface area contributed by atoms with Gasteiger partial charge in [-0.2, -0.15) is 0 Å². The number of aliphatic hydroxyl groups excluding tert-OH is 1. The van der Waals surface area contributed by atoms with Gasteiger partial charge in [0.25, 0.3) is 0 Å². The zero-order chi connectivity index (χ0) is 15.3. The van der Waals surface area contributed by atoms with E-state index in [2.05, 4.69) is 26.8 Å². The molecule has 1 atom stereocenters. The number of para-hydroxylation sites is 1. The lowest BCUT2D eigenvalue weighted by Gasteiger charge is -2.26. The highest BCUT2D eigenvalue weighted by molar-refractivity contribution is 5.38. The Morgan fingerprint density at radius 2 is 1.81 bits per heavy atom. The van der Waals surface area contributed by atoms with E-state index >= 15 is 0 Å². The zero-order valence-electron chi connectivity index (χ0n) is 13.7. The van der Waals surface area contributed by atoms with Gasteiger partial charge in [0.15, 0.2) is 0 Å². The minimum atomic E-state index is -0.383. The fourth-order valence-corrected chi connectivity index (χ4v) is 3.05. The standard InChI is InChI=1S/C18H29NO2/c1-18(2,3)16-9-5-6-10-17(16)21-14-15(20)13-19-11-7-4-8-12-19/h5-6,9-10,15,20H,4,7-8,11-14H2,1-3H3/p+1/t15-/m0/s1. The highest BCUT2D eigenvalue weighted by Gasteiger charge is 2.21. The topological polar surface area (TPSA) is 33.9 Å². The summed E-state index contributed by atoms with van der Waals surface area (Å²) in [5.41, 5.74) is 1.25. The van der Waals surface area contributed by atoms with E-state index in [-0.39, 0.29) is 11.5 Å². The van der Waals surface area contributed by atoms with E-state index in [0.29, 0.717) is 6.61 Å². The average molecular weight is 292 g/mol. The molecule has 1 aliphatic rings. The number of ether oxygens (including phenoxy) is 1. The van der Waals surface area contributed by atoms with E-state index < -0.39 is 0 Å². The molecule has 0 unspecified atom stereocenters. The number of quaternary nitrogens is 1. The van der Waals surface area contributed by atoms with Crippen LogP contribution < -0.4 is 9.64 Å². The van der Waals surface area contributed by atoms with Gasteiger partial charge in [-0.05, 0) is 36.3 Å².